The monoisotopic (exact) mass is 396 g/mol. The van der Waals surface area contributed by atoms with Crippen LogP contribution in [-0.4, -0.2) is 6.61 Å². The van der Waals surface area contributed by atoms with Crippen LogP contribution in [0, 0.1) is 5.92 Å². The van der Waals surface area contributed by atoms with Gasteiger partial charge in [-0.2, -0.15) is 0 Å². The first kappa shape index (κ1) is 20.6. The largest absolute Gasteiger partial charge is 0.377 e. The molecule has 0 spiro atoms. The van der Waals surface area contributed by atoms with Crippen molar-refractivity contribution in [3.63, 3.8) is 0 Å². The molecule has 1 heteroatoms. The average molecular weight is 397 g/mol. The highest BCUT2D eigenvalue weighted by Gasteiger charge is 2.20. The molecule has 0 heterocycles. The predicted octanol–water partition coefficient (Wildman–Crippen LogP) is 8.02. The van der Waals surface area contributed by atoms with Gasteiger partial charge in [-0.25, -0.2) is 0 Å². The van der Waals surface area contributed by atoms with Gasteiger partial charge in [0.05, 0.1) is 6.61 Å². The predicted molar refractivity (Wildman–Crippen MR) is 128 cm³/mol. The van der Waals surface area contributed by atoms with Crippen molar-refractivity contribution < 1.29 is 4.74 Å². The summed E-state index contributed by atoms with van der Waals surface area (Å²) in [7, 11) is 0. The van der Waals surface area contributed by atoms with Crippen LogP contribution in [0.2, 0.25) is 0 Å². The van der Waals surface area contributed by atoms with Gasteiger partial charge in [0.15, 0.2) is 0 Å². The molecule has 0 aliphatic heterocycles. The second kappa shape index (κ2) is 9.91. The number of ether oxygens (including phenoxy) is 1. The first-order valence-corrected chi connectivity index (χ1v) is 11.3. The molecule has 1 nitrogen and oxygen atoms in total. The van der Waals surface area contributed by atoms with Crippen molar-refractivity contribution in [2.75, 3.05) is 6.61 Å². The maximum Gasteiger partial charge on any atom is 0.0716 e. The van der Waals surface area contributed by atoms with E-state index in [2.05, 4.69) is 85.5 Å². The van der Waals surface area contributed by atoms with Gasteiger partial charge >= 0.3 is 0 Å². The fourth-order valence-electron chi connectivity index (χ4n) is 4.50. The zero-order valence-electron chi connectivity index (χ0n) is 18.0. The molecular formula is C29H32O. The number of rotatable bonds is 7. The Morgan fingerprint density at radius 3 is 1.67 bits per heavy atom. The lowest BCUT2D eigenvalue weighted by Gasteiger charge is -2.27. The number of allylic oxidation sites excluding steroid dienone is 1. The van der Waals surface area contributed by atoms with E-state index in [1.165, 1.54) is 59.1 Å². The summed E-state index contributed by atoms with van der Waals surface area (Å²) in [4.78, 5) is 0. The summed E-state index contributed by atoms with van der Waals surface area (Å²) in [5.74, 6) is 1.43. The quantitative estimate of drug-likeness (QED) is 0.367. The topological polar surface area (TPSA) is 9.23 Å². The van der Waals surface area contributed by atoms with Crippen LogP contribution in [0.1, 0.15) is 49.7 Å². The Morgan fingerprint density at radius 1 is 0.733 bits per heavy atom. The van der Waals surface area contributed by atoms with Gasteiger partial charge in [-0.05, 0) is 77.8 Å². The van der Waals surface area contributed by atoms with Crippen LogP contribution in [-0.2, 0) is 11.3 Å². The maximum absolute atomic E-state index is 5.48. The summed E-state index contributed by atoms with van der Waals surface area (Å²) < 4.78 is 5.48. The van der Waals surface area contributed by atoms with Crippen molar-refractivity contribution in [1.82, 2.24) is 0 Å². The van der Waals surface area contributed by atoms with Crippen molar-refractivity contribution in [2.45, 2.75) is 45.1 Å². The molecule has 0 unspecified atom stereocenters. The fraction of sp³-hybridized carbons (Fsp3) is 0.310. The lowest BCUT2D eigenvalue weighted by atomic mass is 9.78. The van der Waals surface area contributed by atoms with Crippen LogP contribution in [0.15, 0.2) is 85.5 Å². The highest BCUT2D eigenvalue weighted by molar-refractivity contribution is 5.70. The lowest BCUT2D eigenvalue weighted by molar-refractivity contribution is 0.134. The van der Waals surface area contributed by atoms with Crippen molar-refractivity contribution in [1.29, 1.82) is 0 Å². The highest BCUT2D eigenvalue weighted by Crippen LogP contribution is 2.36. The van der Waals surface area contributed by atoms with Crippen molar-refractivity contribution in [3.05, 3.63) is 96.6 Å². The minimum absolute atomic E-state index is 0.682. The third-order valence-electron chi connectivity index (χ3n) is 6.47. The molecule has 0 saturated heterocycles. The van der Waals surface area contributed by atoms with Crippen LogP contribution in [0.3, 0.4) is 0 Å². The van der Waals surface area contributed by atoms with Crippen LogP contribution in [0.5, 0.6) is 0 Å². The summed E-state index contributed by atoms with van der Waals surface area (Å²) in [5.41, 5.74) is 7.76. The number of hydrogen-bond acceptors (Lipinski definition) is 1. The van der Waals surface area contributed by atoms with E-state index in [0.717, 1.165) is 12.5 Å². The average Bonchev–Trinajstić information content (AvgIpc) is 2.83. The summed E-state index contributed by atoms with van der Waals surface area (Å²) in [6.07, 6.45) is 7.27. The molecule has 3 aromatic carbocycles. The van der Waals surface area contributed by atoms with E-state index >= 15 is 0 Å². The Hall–Kier alpha value is -2.64. The van der Waals surface area contributed by atoms with Crippen molar-refractivity contribution >= 4 is 0 Å². The van der Waals surface area contributed by atoms with E-state index in [-0.39, 0.29) is 0 Å². The molecule has 0 bridgehead atoms. The molecule has 1 aliphatic rings. The van der Waals surface area contributed by atoms with Gasteiger partial charge in [0, 0.05) is 6.61 Å². The van der Waals surface area contributed by atoms with E-state index in [1.807, 2.05) is 6.92 Å². The summed E-state index contributed by atoms with van der Waals surface area (Å²) in [6.45, 7) is 7.42. The molecule has 3 aromatic rings. The van der Waals surface area contributed by atoms with Gasteiger partial charge in [-0.3, -0.25) is 0 Å². The molecule has 1 saturated carbocycles. The van der Waals surface area contributed by atoms with Gasteiger partial charge in [0.1, 0.15) is 0 Å². The zero-order chi connectivity index (χ0) is 20.8. The molecule has 1 aliphatic carbocycles. The summed E-state index contributed by atoms with van der Waals surface area (Å²) in [5, 5.41) is 0. The van der Waals surface area contributed by atoms with Gasteiger partial charge in [-0.1, -0.05) is 78.9 Å². The third kappa shape index (κ3) is 4.91. The Kier molecular flexibility index (Phi) is 6.81. The van der Waals surface area contributed by atoms with Gasteiger partial charge in [0.25, 0.3) is 0 Å². The molecule has 0 amide bonds. The molecule has 0 atom stereocenters. The van der Waals surface area contributed by atoms with Gasteiger partial charge in [0.2, 0.25) is 0 Å². The van der Waals surface area contributed by atoms with Crippen LogP contribution < -0.4 is 0 Å². The standard InChI is InChI=1S/C29H32O/c1-3-22-5-9-24(10-6-22)26-13-17-28(18-14-26)29-19-15-27(16-20-29)25-11-7-23(8-12-25)21-30-4-2/h3,7-8,11-20,22,24H,1,4-6,9-10,21H2,2H3. The van der Waals surface area contributed by atoms with Gasteiger partial charge in [-0.15, -0.1) is 6.58 Å². The molecule has 0 N–H and O–H groups in total. The van der Waals surface area contributed by atoms with E-state index in [0.29, 0.717) is 12.5 Å². The van der Waals surface area contributed by atoms with Gasteiger partial charge < -0.3 is 4.74 Å². The second-order valence-electron chi connectivity index (χ2n) is 8.38. The second-order valence-corrected chi connectivity index (χ2v) is 8.38. The number of hydrogen-bond donors (Lipinski definition) is 0. The van der Waals surface area contributed by atoms with Crippen molar-refractivity contribution in [3.8, 4) is 22.3 Å². The minimum Gasteiger partial charge on any atom is -0.377 e. The van der Waals surface area contributed by atoms with E-state index in [4.69, 9.17) is 4.74 Å². The molecule has 1 fully saturated rings. The third-order valence-corrected chi connectivity index (χ3v) is 6.47. The van der Waals surface area contributed by atoms with E-state index in [9.17, 15) is 0 Å². The normalized spacial score (nSPS) is 18.8. The van der Waals surface area contributed by atoms with Crippen LogP contribution >= 0.6 is 0 Å². The SMILES string of the molecule is C=CC1CCC(c2ccc(-c3ccc(-c4ccc(COCC)cc4)cc3)cc2)CC1. The Bertz CT molecular complexity index is 927. The molecule has 4 rings (SSSR count). The fourth-order valence-corrected chi connectivity index (χ4v) is 4.50. The molecule has 0 radical (unpaired) electrons. The molecule has 154 valence electrons. The smallest absolute Gasteiger partial charge is 0.0716 e. The maximum atomic E-state index is 5.48. The first-order valence-electron chi connectivity index (χ1n) is 11.3. The zero-order valence-corrected chi connectivity index (χ0v) is 18.0. The Morgan fingerprint density at radius 2 is 1.20 bits per heavy atom. The van der Waals surface area contributed by atoms with E-state index < -0.39 is 0 Å². The molecule has 0 aromatic heterocycles. The van der Waals surface area contributed by atoms with E-state index in [1.54, 1.807) is 0 Å². The number of benzene rings is 3. The minimum atomic E-state index is 0.682. The lowest BCUT2D eigenvalue weighted by Crippen LogP contribution is -2.11. The molecule has 30 heavy (non-hydrogen) atoms. The Balaban J connectivity index is 1.42. The molecular weight excluding hydrogens is 364 g/mol. The summed E-state index contributed by atoms with van der Waals surface area (Å²) in [6, 6.07) is 26.8. The van der Waals surface area contributed by atoms with Crippen LogP contribution in [0.25, 0.3) is 22.3 Å². The first-order chi connectivity index (χ1) is 14.8. The van der Waals surface area contributed by atoms with Crippen molar-refractivity contribution in [2.24, 2.45) is 5.92 Å². The Labute approximate surface area is 181 Å². The van der Waals surface area contributed by atoms with Crippen LogP contribution in [0.4, 0.5) is 0 Å². The summed E-state index contributed by atoms with van der Waals surface area (Å²) >= 11 is 0. The highest BCUT2D eigenvalue weighted by atomic mass is 16.5.